The third kappa shape index (κ3) is 6.87. The molecule has 10 rings (SSSR count). The van der Waals surface area contributed by atoms with Gasteiger partial charge in [0.1, 0.15) is 5.82 Å². The predicted molar refractivity (Wildman–Crippen MR) is 241 cm³/mol. The number of hydrogen-bond acceptors (Lipinski definition) is 4. The zero-order valence-corrected chi connectivity index (χ0v) is 36.2. The van der Waals surface area contributed by atoms with E-state index in [9.17, 15) is 0 Å². The van der Waals surface area contributed by atoms with Gasteiger partial charge in [-0.15, -0.1) is 48.1 Å². The Labute approximate surface area is 366 Å². The van der Waals surface area contributed by atoms with Crippen molar-refractivity contribution >= 4 is 44.6 Å². The molecule has 0 saturated heterocycles. The quantitative estimate of drug-likeness (QED) is 0.135. The van der Waals surface area contributed by atoms with E-state index in [4.69, 9.17) is 9.72 Å². The van der Waals surface area contributed by atoms with Gasteiger partial charge in [-0.2, -0.15) is 12.1 Å². The molecule has 1 aliphatic heterocycles. The second kappa shape index (κ2) is 15.6. The summed E-state index contributed by atoms with van der Waals surface area (Å²) in [6.45, 7) is 11.2. The summed E-state index contributed by atoms with van der Waals surface area (Å²) in [5, 5.41) is 2.22. The summed E-state index contributed by atoms with van der Waals surface area (Å²) in [7, 11) is 0. The van der Waals surface area contributed by atoms with Crippen LogP contribution >= 0.6 is 0 Å². The van der Waals surface area contributed by atoms with E-state index < -0.39 is 0 Å². The van der Waals surface area contributed by atoms with E-state index in [1.54, 1.807) is 0 Å². The van der Waals surface area contributed by atoms with Gasteiger partial charge in [-0.05, 0) is 70.1 Å². The Balaban J connectivity index is 0.00000462. The summed E-state index contributed by atoms with van der Waals surface area (Å²) in [6.07, 6.45) is 1.91. The molecule has 0 atom stereocenters. The van der Waals surface area contributed by atoms with Gasteiger partial charge in [-0.25, -0.2) is 4.98 Å². The Morgan fingerprint density at radius 2 is 1.12 bits per heavy atom. The molecule has 6 heteroatoms. The Bertz CT molecular complexity index is 2970. The van der Waals surface area contributed by atoms with Crippen molar-refractivity contribution in [1.82, 2.24) is 9.55 Å². The van der Waals surface area contributed by atoms with Crippen LogP contribution in [0.15, 0.2) is 182 Å². The number of para-hydroxylation sites is 3. The average Bonchev–Trinajstić information content (AvgIpc) is 3.83. The fraction of sp³-hybridized carbons (Fsp3) is 0.111. The zero-order chi connectivity index (χ0) is 40.1. The number of ether oxygens (including phenoxy) is 1. The largest absolute Gasteiger partial charge is 0.509 e. The number of nitrogens with zero attached hydrogens (tertiary/aromatic N) is 4. The molecule has 60 heavy (non-hydrogen) atoms. The average molecular weight is 959 g/mol. The first kappa shape index (κ1) is 39.1. The van der Waals surface area contributed by atoms with E-state index >= 15 is 0 Å². The van der Waals surface area contributed by atoms with Crippen molar-refractivity contribution in [3.8, 4) is 17.3 Å². The summed E-state index contributed by atoms with van der Waals surface area (Å²) < 4.78 is 8.80. The summed E-state index contributed by atoms with van der Waals surface area (Å²) >= 11 is 0. The van der Waals surface area contributed by atoms with Crippen LogP contribution in [-0.4, -0.2) is 9.55 Å². The molecule has 2 aromatic heterocycles. The SMILES string of the molecule is CC(C)(c1ccccc1)c1cccc(N2[CH-]N(c3[c-]c(Oc4[c-]c5c(cc4)c4ccccc4n5-c4cc(C(C)(C)c5ccccc5)ccn4)ccc3)c3ccccc32)c1.[Pt]. The molecule has 5 nitrogen and oxygen atoms in total. The molecule has 0 N–H and O–H groups in total. The van der Waals surface area contributed by atoms with E-state index in [1.165, 1.54) is 22.3 Å². The minimum absolute atomic E-state index is 0. The minimum Gasteiger partial charge on any atom is -0.509 e. The maximum atomic E-state index is 6.61. The fourth-order valence-electron chi connectivity index (χ4n) is 8.45. The normalized spacial score (nSPS) is 12.7. The number of aromatic nitrogens is 2. The van der Waals surface area contributed by atoms with Crippen LogP contribution in [0.2, 0.25) is 0 Å². The molecule has 0 fully saturated rings. The summed E-state index contributed by atoms with van der Waals surface area (Å²) in [4.78, 5) is 9.35. The van der Waals surface area contributed by atoms with Crippen LogP contribution in [0.1, 0.15) is 49.9 Å². The molecule has 0 amide bonds. The molecule has 0 radical (unpaired) electrons. The van der Waals surface area contributed by atoms with Gasteiger partial charge >= 0.3 is 0 Å². The molecule has 0 spiro atoms. The molecule has 9 aromatic rings. The number of hydrogen-bond donors (Lipinski definition) is 0. The third-order valence-corrected chi connectivity index (χ3v) is 12.0. The van der Waals surface area contributed by atoms with Crippen molar-refractivity contribution in [2.45, 2.75) is 38.5 Å². The molecule has 7 aromatic carbocycles. The molecule has 0 aliphatic carbocycles. The Morgan fingerprint density at radius 1 is 0.517 bits per heavy atom. The van der Waals surface area contributed by atoms with Gasteiger partial charge in [-0.3, -0.25) is 0 Å². The second-order valence-corrected chi connectivity index (χ2v) is 16.2. The number of fused-ring (bicyclic) bond motifs is 4. The number of rotatable bonds is 9. The van der Waals surface area contributed by atoms with Gasteiger partial charge in [0, 0.05) is 72.2 Å². The molecule has 0 saturated carbocycles. The van der Waals surface area contributed by atoms with Crippen molar-refractivity contribution in [2.75, 3.05) is 9.80 Å². The third-order valence-electron chi connectivity index (χ3n) is 12.0. The van der Waals surface area contributed by atoms with E-state index in [2.05, 4.69) is 219 Å². The number of pyridine rings is 1. The van der Waals surface area contributed by atoms with E-state index in [0.29, 0.717) is 11.5 Å². The van der Waals surface area contributed by atoms with Crippen LogP contribution in [0, 0.1) is 18.8 Å². The fourth-order valence-corrected chi connectivity index (χ4v) is 8.45. The van der Waals surface area contributed by atoms with Crippen LogP contribution < -0.4 is 14.5 Å². The number of anilines is 4. The predicted octanol–water partition coefficient (Wildman–Crippen LogP) is 13.6. The van der Waals surface area contributed by atoms with Crippen molar-refractivity contribution in [2.24, 2.45) is 0 Å². The first-order valence-corrected chi connectivity index (χ1v) is 20.1. The van der Waals surface area contributed by atoms with Gasteiger partial charge in [-0.1, -0.05) is 136 Å². The minimum atomic E-state index is -0.218. The van der Waals surface area contributed by atoms with E-state index in [1.807, 2.05) is 24.4 Å². The van der Waals surface area contributed by atoms with Gasteiger partial charge in [0.05, 0.1) is 0 Å². The Kier molecular flexibility index (Phi) is 10.2. The molecule has 0 bridgehead atoms. The molecule has 0 unspecified atom stereocenters. The van der Waals surface area contributed by atoms with Crippen LogP contribution in [-0.2, 0) is 31.9 Å². The molecule has 1 aliphatic rings. The molecular formula is C54H43N4OPt-3. The van der Waals surface area contributed by atoms with Gasteiger partial charge in [0.15, 0.2) is 0 Å². The molecule has 298 valence electrons. The Hall–Kier alpha value is -6.42. The summed E-state index contributed by atoms with van der Waals surface area (Å²) in [5.74, 6) is 2.03. The van der Waals surface area contributed by atoms with Crippen molar-refractivity contribution in [3.63, 3.8) is 0 Å². The topological polar surface area (TPSA) is 33.5 Å². The van der Waals surface area contributed by atoms with Gasteiger partial charge in [0.2, 0.25) is 0 Å². The maximum Gasteiger partial charge on any atom is 0.135 e. The standard InChI is InChI=1S/C54H43N4O.Pt/c1-53(2,38-17-7-5-8-18-38)40-21-15-22-42(33-40)56-37-57(50-28-14-13-27-49(50)56)43-23-16-24-44(35-43)59-45-29-30-47-46-25-11-12-26-48(46)58(51(47)36-45)52-34-41(31-32-55-52)54(3,4)39-19-9-6-10-20-39;/h5-34,37H,1-4H3;/q-3;. The van der Waals surface area contributed by atoms with Crippen molar-refractivity contribution in [3.05, 3.63) is 223 Å². The Morgan fingerprint density at radius 3 is 1.85 bits per heavy atom. The van der Waals surface area contributed by atoms with Crippen LogP contribution in [0.3, 0.4) is 0 Å². The van der Waals surface area contributed by atoms with Crippen LogP contribution in [0.25, 0.3) is 27.6 Å². The van der Waals surface area contributed by atoms with E-state index in [-0.39, 0.29) is 31.9 Å². The summed E-state index contributed by atoms with van der Waals surface area (Å²) in [6, 6.07) is 68.8. The maximum absolute atomic E-state index is 6.61. The zero-order valence-electron chi connectivity index (χ0n) is 33.9. The number of benzene rings is 7. The smallest absolute Gasteiger partial charge is 0.135 e. The van der Waals surface area contributed by atoms with Crippen LogP contribution in [0.4, 0.5) is 22.7 Å². The van der Waals surface area contributed by atoms with E-state index in [0.717, 1.165) is 50.4 Å². The second-order valence-electron chi connectivity index (χ2n) is 16.2. The first-order chi connectivity index (χ1) is 28.8. The van der Waals surface area contributed by atoms with Crippen molar-refractivity contribution < 1.29 is 25.8 Å². The monoisotopic (exact) mass is 958 g/mol. The summed E-state index contributed by atoms with van der Waals surface area (Å²) in [5.41, 5.74) is 10.7. The molecule has 3 heterocycles. The van der Waals surface area contributed by atoms with Crippen LogP contribution in [0.5, 0.6) is 11.5 Å². The van der Waals surface area contributed by atoms with Gasteiger partial charge < -0.3 is 19.1 Å². The molecular weight excluding hydrogens is 916 g/mol. The first-order valence-electron chi connectivity index (χ1n) is 20.1. The van der Waals surface area contributed by atoms with Gasteiger partial charge in [0.25, 0.3) is 0 Å². The van der Waals surface area contributed by atoms with Crippen molar-refractivity contribution in [1.29, 1.82) is 0 Å².